The van der Waals surface area contributed by atoms with Gasteiger partial charge in [0.25, 0.3) is 5.91 Å². The molecule has 0 unspecified atom stereocenters. The van der Waals surface area contributed by atoms with Crippen LogP contribution in [0, 0.1) is 6.92 Å². The van der Waals surface area contributed by atoms with Crippen molar-refractivity contribution in [1.29, 1.82) is 0 Å². The Labute approximate surface area is 188 Å². The predicted octanol–water partition coefficient (Wildman–Crippen LogP) is 6.30. The lowest BCUT2D eigenvalue weighted by molar-refractivity contribution is -0.121. The molecule has 0 N–H and O–H groups in total. The highest BCUT2D eigenvalue weighted by Gasteiger charge is 2.30. The second kappa shape index (κ2) is 10.1. The van der Waals surface area contributed by atoms with Gasteiger partial charge in [0.1, 0.15) is 5.75 Å². The zero-order valence-electron chi connectivity index (χ0n) is 18.3. The highest BCUT2D eigenvalue weighted by molar-refractivity contribution is 8.18. The van der Waals surface area contributed by atoms with Crippen molar-refractivity contribution in [1.82, 2.24) is 4.90 Å². The molecule has 1 aliphatic heterocycles. The van der Waals surface area contributed by atoms with Crippen LogP contribution in [0.15, 0.2) is 94.9 Å². The van der Waals surface area contributed by atoms with Crippen molar-refractivity contribution in [2.45, 2.75) is 13.8 Å². The van der Waals surface area contributed by atoms with Gasteiger partial charge >= 0.3 is 0 Å². The number of rotatable bonds is 6. The minimum Gasteiger partial charge on any atom is -0.497 e. The van der Waals surface area contributed by atoms with Gasteiger partial charge in [-0.1, -0.05) is 48.6 Å². The van der Waals surface area contributed by atoms with Crippen LogP contribution in [-0.2, 0) is 4.79 Å². The standard InChI is InChI=1S/C26H26N2O2S/c1-6-19(16-20(7-2)21-10-8-18(3)9-11-21)17-24-25(29)28(4)26(31-24)27-22-12-14-23(30-5)15-13-22/h6-17H,1H2,2-5H3. The number of hydrogen-bond donors (Lipinski definition) is 0. The van der Waals surface area contributed by atoms with Crippen molar-refractivity contribution in [3.63, 3.8) is 0 Å². The van der Waals surface area contributed by atoms with Crippen LogP contribution >= 0.6 is 11.8 Å². The minimum atomic E-state index is -0.0811. The number of methoxy groups -OCH3 is 1. The lowest BCUT2D eigenvalue weighted by atomic mass is 10.0. The summed E-state index contributed by atoms with van der Waals surface area (Å²) >= 11 is 1.36. The molecule has 1 heterocycles. The van der Waals surface area contributed by atoms with Crippen LogP contribution in [0.3, 0.4) is 0 Å². The number of thioether (sulfide) groups is 1. The Kier molecular flexibility index (Phi) is 7.32. The van der Waals surface area contributed by atoms with Crippen molar-refractivity contribution < 1.29 is 9.53 Å². The Bertz CT molecular complexity index is 1090. The quantitative estimate of drug-likeness (QED) is 0.399. The molecule has 31 heavy (non-hydrogen) atoms. The first kappa shape index (κ1) is 22.4. The number of allylic oxidation sites excluding steroid dienone is 6. The number of hydrogen-bond acceptors (Lipinski definition) is 4. The summed E-state index contributed by atoms with van der Waals surface area (Å²) in [4.78, 5) is 19.6. The lowest BCUT2D eigenvalue weighted by Crippen LogP contribution is -2.23. The Morgan fingerprint density at radius 2 is 1.81 bits per heavy atom. The van der Waals surface area contributed by atoms with E-state index < -0.39 is 0 Å². The van der Waals surface area contributed by atoms with Crippen LogP contribution in [-0.4, -0.2) is 30.1 Å². The molecule has 2 aromatic rings. The third kappa shape index (κ3) is 5.44. The van der Waals surface area contributed by atoms with Crippen LogP contribution < -0.4 is 4.74 Å². The number of nitrogens with zero attached hydrogens (tertiary/aromatic N) is 2. The van der Waals surface area contributed by atoms with Crippen molar-refractivity contribution in [3.05, 3.63) is 101 Å². The average Bonchev–Trinajstić information content (AvgIpc) is 3.05. The fourth-order valence-electron chi connectivity index (χ4n) is 2.99. The van der Waals surface area contributed by atoms with E-state index in [1.807, 2.05) is 43.3 Å². The maximum Gasteiger partial charge on any atom is 0.266 e. The smallest absolute Gasteiger partial charge is 0.266 e. The van der Waals surface area contributed by atoms with E-state index in [1.165, 1.54) is 17.3 Å². The summed E-state index contributed by atoms with van der Waals surface area (Å²) in [6.45, 7) is 8.00. The molecule has 0 aromatic heterocycles. The molecule has 1 saturated heterocycles. The molecule has 2 aromatic carbocycles. The molecular formula is C26H26N2O2S. The number of carbonyl (C=O) groups excluding carboxylic acids is 1. The minimum absolute atomic E-state index is 0.0811. The molecule has 3 rings (SSSR count). The first-order valence-corrected chi connectivity index (χ1v) is 10.7. The summed E-state index contributed by atoms with van der Waals surface area (Å²) in [5.41, 5.74) is 5.04. The third-order valence-electron chi connectivity index (χ3n) is 4.85. The van der Waals surface area contributed by atoms with E-state index >= 15 is 0 Å². The summed E-state index contributed by atoms with van der Waals surface area (Å²) in [7, 11) is 3.36. The lowest BCUT2D eigenvalue weighted by Gasteiger charge is -2.07. The molecule has 0 bridgehead atoms. The zero-order valence-corrected chi connectivity index (χ0v) is 19.1. The van der Waals surface area contributed by atoms with Crippen LogP contribution in [0.25, 0.3) is 5.57 Å². The molecule has 1 fully saturated rings. The van der Waals surface area contributed by atoms with Crippen LogP contribution in [0.2, 0.25) is 0 Å². The number of aryl methyl sites for hydroxylation is 1. The Balaban J connectivity index is 1.87. The number of ether oxygens (including phenoxy) is 1. The maximum absolute atomic E-state index is 12.8. The topological polar surface area (TPSA) is 41.9 Å². The van der Waals surface area contributed by atoms with Gasteiger partial charge in [-0.2, -0.15) is 0 Å². The summed E-state index contributed by atoms with van der Waals surface area (Å²) in [5.74, 6) is 0.685. The first-order chi connectivity index (χ1) is 14.9. The SMILES string of the molecule is C=CC(=CC(=CC)c1ccc(C)cc1)C=C1SC(=Nc2ccc(OC)cc2)N(C)C1=O. The zero-order chi connectivity index (χ0) is 22.4. The van der Waals surface area contributed by atoms with Crippen LogP contribution in [0.5, 0.6) is 5.75 Å². The van der Waals surface area contributed by atoms with Crippen LogP contribution in [0.4, 0.5) is 5.69 Å². The van der Waals surface area contributed by atoms with Gasteiger partial charge in [0.15, 0.2) is 5.17 Å². The van der Waals surface area contributed by atoms with E-state index in [9.17, 15) is 4.79 Å². The molecule has 0 spiro atoms. The average molecular weight is 431 g/mol. The monoisotopic (exact) mass is 430 g/mol. The number of carbonyl (C=O) groups is 1. The van der Waals surface area contributed by atoms with E-state index in [1.54, 1.807) is 25.1 Å². The van der Waals surface area contributed by atoms with Crippen molar-refractivity contribution in [3.8, 4) is 5.75 Å². The number of amidine groups is 1. The van der Waals surface area contributed by atoms with Gasteiger partial charge in [-0.05, 0) is 78.7 Å². The van der Waals surface area contributed by atoms with E-state index in [0.717, 1.165) is 28.1 Å². The molecule has 5 heteroatoms. The molecule has 158 valence electrons. The van der Waals surface area contributed by atoms with Gasteiger partial charge in [-0.15, -0.1) is 0 Å². The molecule has 0 radical (unpaired) electrons. The molecule has 0 saturated carbocycles. The second-order valence-electron chi connectivity index (χ2n) is 7.03. The van der Waals surface area contributed by atoms with Gasteiger partial charge in [0.05, 0.1) is 17.7 Å². The summed E-state index contributed by atoms with van der Waals surface area (Å²) in [6.07, 6.45) is 7.72. The summed E-state index contributed by atoms with van der Waals surface area (Å²) in [5, 5.41) is 0.634. The van der Waals surface area contributed by atoms with Gasteiger partial charge < -0.3 is 4.74 Å². The van der Waals surface area contributed by atoms with Gasteiger partial charge in [-0.25, -0.2) is 4.99 Å². The molecule has 1 aliphatic rings. The van der Waals surface area contributed by atoms with Crippen molar-refractivity contribution in [2.75, 3.05) is 14.2 Å². The molecule has 1 amide bonds. The van der Waals surface area contributed by atoms with Gasteiger partial charge in [0.2, 0.25) is 0 Å². The van der Waals surface area contributed by atoms with E-state index in [0.29, 0.717) is 10.1 Å². The maximum atomic E-state index is 12.8. The predicted molar refractivity (Wildman–Crippen MR) is 132 cm³/mol. The Morgan fingerprint density at radius 1 is 1.13 bits per heavy atom. The van der Waals surface area contributed by atoms with E-state index in [2.05, 4.69) is 48.8 Å². The number of likely N-dealkylation sites (N-methyl/N-ethyl adjacent to an activating group) is 1. The normalized spacial score (nSPS) is 17.5. The van der Waals surface area contributed by atoms with Gasteiger partial charge in [0, 0.05) is 7.05 Å². The molecular weight excluding hydrogens is 404 g/mol. The Morgan fingerprint density at radius 3 is 2.39 bits per heavy atom. The molecule has 0 aliphatic carbocycles. The third-order valence-corrected chi connectivity index (χ3v) is 5.91. The number of benzene rings is 2. The summed E-state index contributed by atoms with van der Waals surface area (Å²) < 4.78 is 5.18. The summed E-state index contributed by atoms with van der Waals surface area (Å²) in [6, 6.07) is 15.8. The fourth-order valence-corrected chi connectivity index (χ4v) is 3.98. The van der Waals surface area contributed by atoms with E-state index in [4.69, 9.17) is 4.74 Å². The van der Waals surface area contributed by atoms with Crippen molar-refractivity contribution >= 4 is 34.1 Å². The first-order valence-electron chi connectivity index (χ1n) is 9.93. The van der Waals surface area contributed by atoms with E-state index in [-0.39, 0.29) is 5.91 Å². The highest BCUT2D eigenvalue weighted by atomic mass is 32.2. The fraction of sp³-hybridized carbons (Fsp3) is 0.154. The number of aliphatic imine (C=N–C) groups is 1. The molecule has 4 nitrogen and oxygen atoms in total. The van der Waals surface area contributed by atoms with Crippen LogP contribution in [0.1, 0.15) is 18.1 Å². The highest BCUT2D eigenvalue weighted by Crippen LogP contribution is 2.33. The van der Waals surface area contributed by atoms with Crippen molar-refractivity contribution in [2.24, 2.45) is 4.99 Å². The Hall–Kier alpha value is -3.31. The van der Waals surface area contributed by atoms with Gasteiger partial charge in [-0.3, -0.25) is 9.69 Å². The second-order valence-corrected chi connectivity index (χ2v) is 8.03. The largest absolute Gasteiger partial charge is 0.497 e. The number of amides is 1. The molecule has 0 atom stereocenters.